The van der Waals surface area contributed by atoms with Crippen molar-refractivity contribution in [1.82, 2.24) is 9.78 Å². The van der Waals surface area contributed by atoms with Crippen molar-refractivity contribution in [2.24, 2.45) is 0 Å². The van der Waals surface area contributed by atoms with Crippen LogP contribution in [-0.4, -0.2) is 14.9 Å². The van der Waals surface area contributed by atoms with E-state index < -0.39 is 35.1 Å². The van der Waals surface area contributed by atoms with Gasteiger partial charge in [-0.2, -0.15) is 31.4 Å². The van der Waals surface area contributed by atoms with E-state index in [9.17, 15) is 31.4 Å². The number of hydrogen-bond acceptors (Lipinski definition) is 2. The maximum Gasteiger partial charge on any atom is 0.416 e. The van der Waals surface area contributed by atoms with Gasteiger partial charge in [-0.15, -0.1) is 0 Å². The highest BCUT2D eigenvalue weighted by Crippen LogP contribution is 2.41. The van der Waals surface area contributed by atoms with Crippen molar-refractivity contribution in [3.8, 4) is 0 Å². The van der Waals surface area contributed by atoms with Gasteiger partial charge in [0.05, 0.1) is 17.2 Å². The van der Waals surface area contributed by atoms with Gasteiger partial charge in [0.15, 0.2) is 0 Å². The highest BCUT2D eigenvalue weighted by molar-refractivity contribution is 5.40. The van der Waals surface area contributed by atoms with Crippen molar-refractivity contribution in [3.05, 3.63) is 89.2 Å². The topological polar surface area (TPSA) is 38.0 Å². The second-order valence-electron chi connectivity index (χ2n) is 6.58. The lowest BCUT2D eigenvalue weighted by Gasteiger charge is -2.35. The van der Waals surface area contributed by atoms with Crippen LogP contribution in [0.4, 0.5) is 26.3 Å². The Kier molecular flexibility index (Phi) is 5.20. The number of aliphatic hydroxyl groups is 1. The smallest absolute Gasteiger partial charge is 0.378 e. The molecule has 0 aliphatic carbocycles. The molecule has 154 valence electrons. The third kappa shape index (κ3) is 4.00. The Morgan fingerprint density at radius 1 is 0.759 bits per heavy atom. The lowest BCUT2D eigenvalue weighted by molar-refractivity contribution is -0.138. The largest absolute Gasteiger partial charge is 0.416 e. The van der Waals surface area contributed by atoms with E-state index in [4.69, 9.17) is 0 Å². The van der Waals surface area contributed by atoms with Crippen LogP contribution in [0.25, 0.3) is 0 Å². The Morgan fingerprint density at radius 3 is 1.45 bits per heavy atom. The number of hydrogen-bond donors (Lipinski definition) is 1. The van der Waals surface area contributed by atoms with Crippen LogP contribution in [0.3, 0.4) is 0 Å². The maximum atomic E-state index is 12.9. The summed E-state index contributed by atoms with van der Waals surface area (Å²) < 4.78 is 78.7. The fourth-order valence-corrected chi connectivity index (χ4v) is 3.18. The standard InChI is InChI=1S/C20H16F6N2O/c1-13(28-12-2-11-27-28)18(29,14-3-7-16(8-4-14)19(21,22)23)15-5-9-17(10-6-15)20(24,25)26/h2-13,29H,1H3. The molecule has 9 heteroatoms. The molecule has 0 aliphatic heterocycles. The number of aromatic nitrogens is 2. The van der Waals surface area contributed by atoms with Crippen molar-refractivity contribution in [1.29, 1.82) is 0 Å². The van der Waals surface area contributed by atoms with E-state index in [-0.39, 0.29) is 11.1 Å². The van der Waals surface area contributed by atoms with Crippen LogP contribution >= 0.6 is 0 Å². The molecular formula is C20H16F6N2O. The first kappa shape index (κ1) is 20.9. The van der Waals surface area contributed by atoms with Crippen LogP contribution in [0.2, 0.25) is 0 Å². The van der Waals surface area contributed by atoms with Crippen LogP contribution in [0.15, 0.2) is 67.0 Å². The molecule has 29 heavy (non-hydrogen) atoms. The molecule has 0 saturated heterocycles. The first-order valence-electron chi connectivity index (χ1n) is 8.51. The summed E-state index contributed by atoms with van der Waals surface area (Å²) in [4.78, 5) is 0. The molecule has 3 rings (SSSR count). The lowest BCUT2D eigenvalue weighted by atomic mass is 9.80. The zero-order valence-corrected chi connectivity index (χ0v) is 15.0. The van der Waals surface area contributed by atoms with Crippen molar-refractivity contribution in [2.75, 3.05) is 0 Å². The van der Waals surface area contributed by atoms with E-state index in [1.807, 2.05) is 0 Å². The summed E-state index contributed by atoms with van der Waals surface area (Å²) in [6, 6.07) is 8.49. The molecule has 0 aliphatic rings. The highest BCUT2D eigenvalue weighted by atomic mass is 19.4. The van der Waals surface area contributed by atoms with Crippen molar-refractivity contribution >= 4 is 0 Å². The molecule has 1 N–H and O–H groups in total. The Bertz CT molecular complexity index is 887. The zero-order valence-electron chi connectivity index (χ0n) is 15.0. The maximum absolute atomic E-state index is 12.9. The summed E-state index contributed by atoms with van der Waals surface area (Å²) in [5, 5.41) is 15.6. The first-order valence-corrected chi connectivity index (χ1v) is 8.51. The van der Waals surface area contributed by atoms with Crippen LogP contribution in [0, 0.1) is 0 Å². The molecular weight excluding hydrogens is 398 g/mol. The summed E-state index contributed by atoms with van der Waals surface area (Å²) in [5.41, 5.74) is -3.55. The van der Waals surface area contributed by atoms with Crippen LogP contribution in [0.1, 0.15) is 35.2 Å². The minimum atomic E-state index is -4.56. The average molecular weight is 414 g/mol. The van der Waals surface area contributed by atoms with E-state index in [0.717, 1.165) is 48.5 Å². The minimum absolute atomic E-state index is 0.0910. The van der Waals surface area contributed by atoms with Gasteiger partial charge in [-0.1, -0.05) is 24.3 Å². The van der Waals surface area contributed by atoms with Crippen LogP contribution < -0.4 is 0 Å². The highest BCUT2D eigenvalue weighted by Gasteiger charge is 2.41. The molecule has 2 aromatic carbocycles. The monoisotopic (exact) mass is 414 g/mol. The molecule has 3 aromatic rings. The van der Waals surface area contributed by atoms with Gasteiger partial charge in [-0.3, -0.25) is 4.68 Å². The molecule has 0 spiro atoms. The second kappa shape index (κ2) is 7.22. The number of halogens is 6. The minimum Gasteiger partial charge on any atom is -0.378 e. The summed E-state index contributed by atoms with van der Waals surface area (Å²) in [7, 11) is 0. The molecule has 0 amide bonds. The molecule has 1 aromatic heterocycles. The van der Waals surface area contributed by atoms with Gasteiger partial charge in [0.2, 0.25) is 0 Å². The van der Waals surface area contributed by atoms with E-state index in [1.54, 1.807) is 19.2 Å². The molecule has 1 heterocycles. The summed E-state index contributed by atoms with van der Waals surface area (Å²) in [6.07, 6.45) is -6.11. The number of benzene rings is 2. The van der Waals surface area contributed by atoms with Crippen LogP contribution in [-0.2, 0) is 18.0 Å². The van der Waals surface area contributed by atoms with Crippen LogP contribution in [0.5, 0.6) is 0 Å². The SMILES string of the molecule is CC(n1cccn1)C(O)(c1ccc(C(F)(F)F)cc1)c1ccc(C(F)(F)F)cc1. The molecule has 1 unspecified atom stereocenters. The van der Waals surface area contributed by atoms with Gasteiger partial charge in [0.25, 0.3) is 0 Å². The number of rotatable bonds is 4. The van der Waals surface area contributed by atoms with E-state index in [2.05, 4.69) is 5.10 Å². The zero-order chi connectivity index (χ0) is 21.4. The molecule has 0 fully saturated rings. The Labute approximate surface area is 162 Å². The van der Waals surface area contributed by atoms with E-state index >= 15 is 0 Å². The van der Waals surface area contributed by atoms with Crippen molar-refractivity contribution in [2.45, 2.75) is 30.9 Å². The van der Waals surface area contributed by atoms with Crippen molar-refractivity contribution < 1.29 is 31.4 Å². The normalized spacial score (nSPS) is 14.1. The average Bonchev–Trinajstić information content (AvgIpc) is 3.20. The molecule has 0 bridgehead atoms. The predicted octanol–water partition coefficient (Wildman–Crippen LogP) is 5.42. The fourth-order valence-electron chi connectivity index (χ4n) is 3.18. The van der Waals surface area contributed by atoms with Crippen molar-refractivity contribution in [3.63, 3.8) is 0 Å². The predicted molar refractivity (Wildman–Crippen MR) is 92.8 cm³/mol. The lowest BCUT2D eigenvalue weighted by Crippen LogP contribution is -2.37. The van der Waals surface area contributed by atoms with Gasteiger partial charge in [0.1, 0.15) is 5.60 Å². The van der Waals surface area contributed by atoms with Gasteiger partial charge < -0.3 is 5.11 Å². The Morgan fingerprint density at radius 2 is 1.14 bits per heavy atom. The first-order chi connectivity index (χ1) is 13.4. The second-order valence-corrected chi connectivity index (χ2v) is 6.58. The quantitative estimate of drug-likeness (QED) is 0.579. The van der Waals surface area contributed by atoms with Gasteiger partial charge in [0, 0.05) is 12.4 Å². The third-order valence-electron chi connectivity index (χ3n) is 4.83. The third-order valence-corrected chi connectivity index (χ3v) is 4.83. The van der Waals surface area contributed by atoms with E-state index in [1.165, 1.54) is 10.9 Å². The molecule has 0 saturated carbocycles. The van der Waals surface area contributed by atoms with Gasteiger partial charge in [-0.05, 0) is 48.4 Å². The molecule has 3 nitrogen and oxygen atoms in total. The summed E-state index contributed by atoms with van der Waals surface area (Å²) >= 11 is 0. The summed E-state index contributed by atoms with van der Waals surface area (Å²) in [6.45, 7) is 1.57. The Hall–Kier alpha value is -2.81. The van der Waals surface area contributed by atoms with Gasteiger partial charge in [-0.25, -0.2) is 0 Å². The Balaban J connectivity index is 2.12. The molecule has 0 radical (unpaired) electrons. The number of nitrogens with zero attached hydrogens (tertiary/aromatic N) is 2. The van der Waals surface area contributed by atoms with E-state index in [0.29, 0.717) is 0 Å². The summed E-state index contributed by atoms with van der Waals surface area (Å²) in [5.74, 6) is 0. The fraction of sp³-hybridized carbons (Fsp3) is 0.250. The molecule has 1 atom stereocenters. The van der Waals surface area contributed by atoms with Gasteiger partial charge >= 0.3 is 12.4 Å². The number of alkyl halides is 6.